The van der Waals surface area contributed by atoms with Crippen LogP contribution in [0.25, 0.3) is 11.1 Å². The molecule has 1 aliphatic carbocycles. The summed E-state index contributed by atoms with van der Waals surface area (Å²) in [5, 5.41) is 10.5. The highest BCUT2D eigenvalue weighted by Gasteiger charge is 2.36. The number of fused-ring (bicyclic) bond motifs is 3. The lowest BCUT2D eigenvalue weighted by Gasteiger charge is -2.19. The number of carbonyl (C=O) groups is 1. The van der Waals surface area contributed by atoms with Crippen molar-refractivity contribution < 1.29 is 14.6 Å². The van der Waals surface area contributed by atoms with Crippen LogP contribution < -0.4 is 0 Å². The molecule has 0 unspecified atom stereocenters. The molecule has 3 aromatic carbocycles. The van der Waals surface area contributed by atoms with Crippen molar-refractivity contribution in [3.05, 3.63) is 95.6 Å². The first-order valence-electron chi connectivity index (χ1n) is 10.5. The Bertz CT molecular complexity index is 1000. The smallest absolute Gasteiger partial charge is 0.409 e. The number of nitrogens with zero attached hydrogens (tertiary/aromatic N) is 1. The van der Waals surface area contributed by atoms with Crippen LogP contribution in [0.4, 0.5) is 4.79 Å². The van der Waals surface area contributed by atoms with E-state index in [1.807, 2.05) is 42.5 Å². The van der Waals surface area contributed by atoms with Crippen molar-refractivity contribution in [2.75, 3.05) is 19.7 Å². The van der Waals surface area contributed by atoms with E-state index < -0.39 is 6.10 Å². The Kier molecular flexibility index (Phi) is 5.01. The van der Waals surface area contributed by atoms with Crippen LogP contribution in [0.3, 0.4) is 0 Å². The average Bonchev–Trinajstić information content (AvgIpc) is 3.31. The van der Waals surface area contributed by atoms with Gasteiger partial charge >= 0.3 is 6.09 Å². The minimum atomic E-state index is -0.523. The van der Waals surface area contributed by atoms with Crippen LogP contribution in [0.2, 0.25) is 0 Å². The molecule has 0 spiro atoms. The van der Waals surface area contributed by atoms with E-state index in [1.165, 1.54) is 27.8 Å². The Morgan fingerprint density at radius 1 is 0.867 bits per heavy atom. The molecule has 1 saturated heterocycles. The predicted octanol–water partition coefficient (Wildman–Crippen LogP) is 4.47. The first kappa shape index (κ1) is 18.9. The highest BCUT2D eigenvalue weighted by molar-refractivity contribution is 5.79. The molecule has 4 heteroatoms. The van der Waals surface area contributed by atoms with E-state index in [2.05, 4.69) is 36.4 Å². The van der Waals surface area contributed by atoms with Crippen LogP contribution >= 0.6 is 0 Å². The summed E-state index contributed by atoms with van der Waals surface area (Å²) in [6.07, 6.45) is -0.105. The van der Waals surface area contributed by atoms with Gasteiger partial charge in [-0.05, 0) is 34.2 Å². The third-order valence-corrected chi connectivity index (χ3v) is 6.34. The molecule has 2 aliphatic rings. The Morgan fingerprint density at radius 2 is 1.47 bits per heavy atom. The van der Waals surface area contributed by atoms with E-state index in [1.54, 1.807) is 4.90 Å². The molecule has 0 saturated carbocycles. The molecule has 1 aliphatic heterocycles. The molecule has 1 heterocycles. The molecule has 30 heavy (non-hydrogen) atoms. The molecule has 1 amide bonds. The standard InChI is InChI=1S/C26H25NO3/c28-25-16-27(15-19(25)14-18-8-2-1-3-9-18)26(29)30-17-24-22-12-6-4-10-20(22)21-11-5-7-13-23(21)24/h1-13,19,24-25,28H,14-17H2/t19-,25-/m1/s1. The lowest BCUT2D eigenvalue weighted by Crippen LogP contribution is -2.31. The molecule has 1 fully saturated rings. The topological polar surface area (TPSA) is 49.8 Å². The number of benzene rings is 3. The van der Waals surface area contributed by atoms with Crippen LogP contribution in [0, 0.1) is 5.92 Å². The molecule has 152 valence electrons. The predicted molar refractivity (Wildman–Crippen MR) is 116 cm³/mol. The minimum absolute atomic E-state index is 0.0351. The van der Waals surface area contributed by atoms with E-state index in [-0.39, 0.29) is 17.9 Å². The highest BCUT2D eigenvalue weighted by Crippen LogP contribution is 2.44. The lowest BCUT2D eigenvalue weighted by atomic mass is 9.97. The third kappa shape index (κ3) is 3.48. The fraction of sp³-hybridized carbons (Fsp3) is 0.269. The number of ether oxygens (including phenoxy) is 1. The largest absolute Gasteiger partial charge is 0.448 e. The molecule has 2 atom stereocenters. The molecular weight excluding hydrogens is 374 g/mol. The van der Waals surface area contributed by atoms with Gasteiger partial charge in [-0.1, -0.05) is 78.9 Å². The summed E-state index contributed by atoms with van der Waals surface area (Å²) in [7, 11) is 0. The normalized spacial score (nSPS) is 20.1. The van der Waals surface area contributed by atoms with Gasteiger partial charge in [-0.15, -0.1) is 0 Å². The second-order valence-corrected chi connectivity index (χ2v) is 8.23. The molecule has 4 nitrogen and oxygen atoms in total. The molecule has 0 bridgehead atoms. The fourth-order valence-corrected chi connectivity index (χ4v) is 4.81. The van der Waals surface area contributed by atoms with E-state index in [0.29, 0.717) is 19.7 Å². The lowest BCUT2D eigenvalue weighted by molar-refractivity contribution is 0.0998. The van der Waals surface area contributed by atoms with Crippen molar-refractivity contribution in [3.8, 4) is 11.1 Å². The third-order valence-electron chi connectivity index (χ3n) is 6.34. The molecular formula is C26H25NO3. The fourth-order valence-electron chi connectivity index (χ4n) is 4.81. The summed E-state index contributed by atoms with van der Waals surface area (Å²) in [5.74, 6) is 0.0851. The molecule has 5 rings (SSSR count). The number of aliphatic hydroxyl groups excluding tert-OH is 1. The van der Waals surface area contributed by atoms with Gasteiger partial charge in [0.15, 0.2) is 0 Å². The number of hydrogen-bond donors (Lipinski definition) is 1. The summed E-state index contributed by atoms with van der Waals surface area (Å²) >= 11 is 0. The van der Waals surface area contributed by atoms with Crippen molar-refractivity contribution in [3.63, 3.8) is 0 Å². The number of likely N-dealkylation sites (tertiary alicyclic amines) is 1. The van der Waals surface area contributed by atoms with Crippen LogP contribution in [0.15, 0.2) is 78.9 Å². The second kappa shape index (κ2) is 7.96. The Hall–Kier alpha value is -3.11. The van der Waals surface area contributed by atoms with E-state index >= 15 is 0 Å². The zero-order valence-electron chi connectivity index (χ0n) is 16.8. The Labute approximate surface area is 176 Å². The van der Waals surface area contributed by atoms with E-state index in [0.717, 1.165) is 6.42 Å². The SMILES string of the molecule is O=C(OCC1c2ccccc2-c2ccccc21)N1C[C@@H](Cc2ccccc2)[C@H](O)C1. The van der Waals surface area contributed by atoms with E-state index in [4.69, 9.17) is 4.74 Å². The van der Waals surface area contributed by atoms with Gasteiger partial charge in [-0.25, -0.2) is 4.79 Å². The number of rotatable bonds is 4. The quantitative estimate of drug-likeness (QED) is 0.704. The maximum atomic E-state index is 12.8. The van der Waals surface area contributed by atoms with Crippen molar-refractivity contribution in [1.82, 2.24) is 4.90 Å². The molecule has 0 radical (unpaired) electrons. The van der Waals surface area contributed by atoms with Gasteiger partial charge in [0.2, 0.25) is 0 Å². The van der Waals surface area contributed by atoms with E-state index in [9.17, 15) is 9.90 Å². The summed E-state index contributed by atoms with van der Waals surface area (Å²) in [6.45, 7) is 1.16. The summed E-state index contributed by atoms with van der Waals surface area (Å²) in [4.78, 5) is 14.4. The van der Waals surface area contributed by atoms with Crippen molar-refractivity contribution in [2.45, 2.75) is 18.4 Å². The van der Waals surface area contributed by atoms with Crippen molar-refractivity contribution in [1.29, 1.82) is 0 Å². The maximum Gasteiger partial charge on any atom is 0.409 e. The number of hydrogen-bond acceptors (Lipinski definition) is 3. The second-order valence-electron chi connectivity index (χ2n) is 8.23. The first-order valence-corrected chi connectivity index (χ1v) is 10.5. The van der Waals surface area contributed by atoms with Gasteiger partial charge in [-0.3, -0.25) is 0 Å². The van der Waals surface area contributed by atoms with Gasteiger partial charge in [-0.2, -0.15) is 0 Å². The molecule has 3 aromatic rings. The highest BCUT2D eigenvalue weighted by atomic mass is 16.6. The van der Waals surface area contributed by atoms with Crippen LogP contribution in [0.1, 0.15) is 22.6 Å². The van der Waals surface area contributed by atoms with Crippen LogP contribution in [0.5, 0.6) is 0 Å². The minimum Gasteiger partial charge on any atom is -0.448 e. The first-order chi connectivity index (χ1) is 14.7. The van der Waals surface area contributed by atoms with Crippen LogP contribution in [-0.4, -0.2) is 41.9 Å². The zero-order chi connectivity index (χ0) is 20.5. The Balaban J connectivity index is 1.25. The summed E-state index contributed by atoms with van der Waals surface area (Å²) in [5.41, 5.74) is 6.02. The van der Waals surface area contributed by atoms with Crippen molar-refractivity contribution in [2.24, 2.45) is 5.92 Å². The average molecular weight is 399 g/mol. The number of aliphatic hydroxyl groups is 1. The van der Waals surface area contributed by atoms with Crippen LogP contribution in [-0.2, 0) is 11.2 Å². The van der Waals surface area contributed by atoms with Gasteiger partial charge in [0.05, 0.1) is 12.6 Å². The maximum absolute atomic E-state index is 12.8. The van der Waals surface area contributed by atoms with Gasteiger partial charge in [0.25, 0.3) is 0 Å². The summed E-state index contributed by atoms with van der Waals surface area (Å²) in [6, 6.07) is 26.7. The van der Waals surface area contributed by atoms with Gasteiger partial charge in [0.1, 0.15) is 6.61 Å². The molecule has 1 N–H and O–H groups in total. The van der Waals surface area contributed by atoms with Gasteiger partial charge in [0, 0.05) is 18.4 Å². The molecule has 0 aromatic heterocycles. The summed E-state index contributed by atoms with van der Waals surface area (Å²) < 4.78 is 5.75. The number of β-amino-alcohol motifs (C(OH)–C–C–N with tert-alkyl or cyclic N) is 1. The van der Waals surface area contributed by atoms with Crippen molar-refractivity contribution >= 4 is 6.09 Å². The zero-order valence-corrected chi connectivity index (χ0v) is 16.8. The Morgan fingerprint density at radius 3 is 2.13 bits per heavy atom. The number of carbonyl (C=O) groups excluding carboxylic acids is 1. The van der Waals surface area contributed by atoms with Gasteiger partial charge < -0.3 is 14.7 Å². The monoisotopic (exact) mass is 399 g/mol. The number of amides is 1.